The van der Waals surface area contributed by atoms with Gasteiger partial charge >= 0.3 is 0 Å². The molecule has 0 saturated carbocycles. The van der Waals surface area contributed by atoms with Crippen LogP contribution in [0.15, 0.2) is 6.20 Å². The number of aryl methyl sites for hydroxylation is 1. The molecule has 62 valence electrons. The first kappa shape index (κ1) is 8.07. The molecule has 0 aliphatic rings. The van der Waals surface area contributed by atoms with Crippen LogP contribution in [-0.4, -0.2) is 22.0 Å². The zero-order chi connectivity index (χ0) is 8.27. The Kier molecular flexibility index (Phi) is 2.48. The number of aromatic nitrogens is 2. The second kappa shape index (κ2) is 3.39. The van der Waals surface area contributed by atoms with Crippen LogP contribution in [0.25, 0.3) is 0 Å². The van der Waals surface area contributed by atoms with E-state index in [9.17, 15) is 0 Å². The lowest BCUT2D eigenvalue weighted by Gasteiger charge is -2.02. The van der Waals surface area contributed by atoms with Crippen LogP contribution < -0.4 is 4.74 Å². The number of ether oxygens (including phenoxy) is 1. The van der Waals surface area contributed by atoms with Gasteiger partial charge in [0.2, 0.25) is 0 Å². The van der Waals surface area contributed by atoms with E-state index in [1.807, 2.05) is 6.92 Å². The maximum Gasteiger partial charge on any atom is 0.162 e. The summed E-state index contributed by atoms with van der Waals surface area (Å²) in [6.45, 7) is 2.68. The van der Waals surface area contributed by atoms with Gasteiger partial charge in [0, 0.05) is 6.54 Å². The summed E-state index contributed by atoms with van der Waals surface area (Å²) in [5.74, 6) is 0.648. The Labute approximate surface area is 65.4 Å². The fourth-order valence-corrected chi connectivity index (χ4v) is 0.996. The molecule has 1 rings (SSSR count). The third kappa shape index (κ3) is 1.35. The molecule has 0 aliphatic carbocycles. The molecule has 0 radical (unpaired) electrons. The third-order valence-electron chi connectivity index (χ3n) is 1.58. The summed E-state index contributed by atoms with van der Waals surface area (Å²) < 4.78 is 6.68. The van der Waals surface area contributed by atoms with Crippen LogP contribution in [0.3, 0.4) is 0 Å². The largest absolute Gasteiger partial charge is 0.493 e. The molecule has 1 heterocycles. The topological polar surface area (TPSA) is 47.3 Å². The van der Waals surface area contributed by atoms with Crippen molar-refractivity contribution in [1.29, 1.82) is 0 Å². The predicted molar refractivity (Wildman–Crippen MR) is 40.4 cm³/mol. The molecule has 4 heteroatoms. The van der Waals surface area contributed by atoms with Gasteiger partial charge in [-0.25, -0.2) is 0 Å². The van der Waals surface area contributed by atoms with Crippen molar-refractivity contribution in [2.24, 2.45) is 0 Å². The summed E-state index contributed by atoms with van der Waals surface area (Å²) in [6.07, 6.45) is 1.61. The van der Waals surface area contributed by atoms with Crippen LogP contribution in [0, 0.1) is 0 Å². The Balaban J connectivity index is 2.99. The second-order valence-electron chi connectivity index (χ2n) is 2.13. The lowest BCUT2D eigenvalue weighted by atomic mass is 10.4. The van der Waals surface area contributed by atoms with Gasteiger partial charge in [0.05, 0.1) is 19.9 Å². The maximum atomic E-state index is 8.91. The summed E-state index contributed by atoms with van der Waals surface area (Å²) in [4.78, 5) is 0. The summed E-state index contributed by atoms with van der Waals surface area (Å²) in [5.41, 5.74) is 0.731. The number of aliphatic hydroxyl groups excluding tert-OH is 1. The standard InChI is InChI=1S/C7H12N2O2/c1-3-9-6(5-10)7(11-2)4-8-9/h4,10H,3,5H2,1-2H3. The van der Waals surface area contributed by atoms with E-state index in [-0.39, 0.29) is 6.61 Å². The number of hydrogen-bond acceptors (Lipinski definition) is 3. The lowest BCUT2D eigenvalue weighted by molar-refractivity contribution is 0.260. The van der Waals surface area contributed by atoms with Crippen molar-refractivity contribution in [2.45, 2.75) is 20.1 Å². The van der Waals surface area contributed by atoms with E-state index < -0.39 is 0 Å². The first-order chi connectivity index (χ1) is 5.33. The molecule has 1 N–H and O–H groups in total. The minimum absolute atomic E-state index is 0.0307. The van der Waals surface area contributed by atoms with E-state index in [2.05, 4.69) is 5.10 Å². The van der Waals surface area contributed by atoms with Crippen LogP contribution in [-0.2, 0) is 13.2 Å². The smallest absolute Gasteiger partial charge is 0.162 e. The predicted octanol–water partition coefficient (Wildman–Crippen LogP) is 0.404. The first-order valence-electron chi connectivity index (χ1n) is 3.53. The molecule has 0 aromatic carbocycles. The van der Waals surface area contributed by atoms with E-state index in [1.54, 1.807) is 18.0 Å². The average molecular weight is 156 g/mol. The Morgan fingerprint density at radius 2 is 2.45 bits per heavy atom. The third-order valence-corrected chi connectivity index (χ3v) is 1.58. The van der Waals surface area contributed by atoms with Gasteiger partial charge in [0.1, 0.15) is 5.69 Å². The number of aliphatic hydroxyl groups is 1. The summed E-state index contributed by atoms with van der Waals surface area (Å²) >= 11 is 0. The Morgan fingerprint density at radius 3 is 2.91 bits per heavy atom. The normalized spacial score (nSPS) is 10.1. The summed E-state index contributed by atoms with van der Waals surface area (Å²) in [6, 6.07) is 0. The van der Waals surface area contributed by atoms with E-state index in [4.69, 9.17) is 9.84 Å². The van der Waals surface area contributed by atoms with E-state index in [0.29, 0.717) is 5.75 Å². The molecule has 0 spiro atoms. The zero-order valence-corrected chi connectivity index (χ0v) is 6.74. The van der Waals surface area contributed by atoms with Gasteiger partial charge in [-0.05, 0) is 6.92 Å². The molecule has 1 aromatic rings. The van der Waals surface area contributed by atoms with Crippen LogP contribution in [0.1, 0.15) is 12.6 Å². The molecule has 1 aromatic heterocycles. The number of methoxy groups -OCH3 is 1. The highest BCUT2D eigenvalue weighted by molar-refractivity contribution is 5.24. The molecule has 0 fully saturated rings. The fraction of sp³-hybridized carbons (Fsp3) is 0.571. The van der Waals surface area contributed by atoms with Gasteiger partial charge in [-0.15, -0.1) is 0 Å². The minimum Gasteiger partial charge on any atom is -0.493 e. The summed E-state index contributed by atoms with van der Waals surface area (Å²) in [5, 5.41) is 12.9. The molecule has 4 nitrogen and oxygen atoms in total. The van der Waals surface area contributed by atoms with Gasteiger partial charge in [-0.3, -0.25) is 4.68 Å². The van der Waals surface area contributed by atoms with Gasteiger partial charge in [-0.2, -0.15) is 5.10 Å². The van der Waals surface area contributed by atoms with Crippen molar-refractivity contribution in [2.75, 3.05) is 7.11 Å². The van der Waals surface area contributed by atoms with Gasteiger partial charge in [0.25, 0.3) is 0 Å². The second-order valence-corrected chi connectivity index (χ2v) is 2.13. The maximum absolute atomic E-state index is 8.91. The van der Waals surface area contributed by atoms with Crippen molar-refractivity contribution in [3.05, 3.63) is 11.9 Å². The molecule has 0 amide bonds. The summed E-state index contributed by atoms with van der Waals surface area (Å²) in [7, 11) is 1.57. The molecule has 0 atom stereocenters. The van der Waals surface area contributed by atoms with Crippen LogP contribution in [0.2, 0.25) is 0 Å². The molecular formula is C7H12N2O2. The minimum atomic E-state index is -0.0307. The fourth-order valence-electron chi connectivity index (χ4n) is 0.996. The first-order valence-corrected chi connectivity index (χ1v) is 3.53. The number of nitrogens with zero attached hydrogens (tertiary/aromatic N) is 2. The van der Waals surface area contributed by atoms with Crippen molar-refractivity contribution >= 4 is 0 Å². The quantitative estimate of drug-likeness (QED) is 0.689. The Morgan fingerprint density at radius 1 is 1.73 bits per heavy atom. The molecule has 0 aliphatic heterocycles. The van der Waals surface area contributed by atoms with Crippen LogP contribution >= 0.6 is 0 Å². The van der Waals surface area contributed by atoms with Gasteiger partial charge < -0.3 is 9.84 Å². The highest BCUT2D eigenvalue weighted by atomic mass is 16.5. The van der Waals surface area contributed by atoms with Crippen LogP contribution in [0.5, 0.6) is 5.75 Å². The lowest BCUT2D eigenvalue weighted by Crippen LogP contribution is -2.02. The van der Waals surface area contributed by atoms with E-state index in [1.165, 1.54) is 0 Å². The van der Waals surface area contributed by atoms with Gasteiger partial charge in [0.15, 0.2) is 5.75 Å². The SMILES string of the molecule is CCn1ncc(OC)c1CO. The monoisotopic (exact) mass is 156 g/mol. The average Bonchev–Trinajstić information content (AvgIpc) is 2.45. The molecule has 0 bridgehead atoms. The van der Waals surface area contributed by atoms with Gasteiger partial charge in [-0.1, -0.05) is 0 Å². The van der Waals surface area contributed by atoms with Crippen molar-refractivity contribution < 1.29 is 9.84 Å². The molecular weight excluding hydrogens is 144 g/mol. The molecule has 0 unspecified atom stereocenters. The Hall–Kier alpha value is -1.03. The number of hydrogen-bond donors (Lipinski definition) is 1. The number of rotatable bonds is 3. The van der Waals surface area contributed by atoms with Crippen LogP contribution in [0.4, 0.5) is 0 Å². The highest BCUT2D eigenvalue weighted by Crippen LogP contribution is 2.16. The molecule has 11 heavy (non-hydrogen) atoms. The van der Waals surface area contributed by atoms with E-state index in [0.717, 1.165) is 12.2 Å². The van der Waals surface area contributed by atoms with Crippen molar-refractivity contribution in [3.63, 3.8) is 0 Å². The van der Waals surface area contributed by atoms with E-state index >= 15 is 0 Å². The zero-order valence-electron chi connectivity index (χ0n) is 6.74. The molecule has 0 saturated heterocycles. The van der Waals surface area contributed by atoms with Crippen molar-refractivity contribution in [3.8, 4) is 5.75 Å². The Bertz CT molecular complexity index is 211. The highest BCUT2D eigenvalue weighted by Gasteiger charge is 2.07. The van der Waals surface area contributed by atoms with Crippen molar-refractivity contribution in [1.82, 2.24) is 9.78 Å².